The second-order valence-corrected chi connectivity index (χ2v) is 4.74. The summed E-state index contributed by atoms with van der Waals surface area (Å²) >= 11 is 0. The molecule has 0 atom stereocenters. The third-order valence-corrected chi connectivity index (χ3v) is 3.44. The van der Waals surface area contributed by atoms with Crippen molar-refractivity contribution >= 4 is 11.7 Å². The zero-order valence-electron chi connectivity index (χ0n) is 11.5. The molecule has 0 saturated carbocycles. The molecule has 20 heavy (non-hydrogen) atoms. The van der Waals surface area contributed by atoms with E-state index in [0.717, 1.165) is 32.7 Å². The number of hydrogen-bond donors (Lipinski definition) is 2. The van der Waals surface area contributed by atoms with Crippen LogP contribution in [-0.4, -0.2) is 59.6 Å². The molecule has 2 rings (SSSR count). The summed E-state index contributed by atoms with van der Waals surface area (Å²) in [5, 5.41) is 16.8. The predicted octanol–water partition coefficient (Wildman–Crippen LogP) is -0.432. The van der Waals surface area contributed by atoms with Crippen LogP contribution in [0.5, 0.6) is 0 Å². The standard InChI is InChI=1S/C12H19N5O3/c1-15-10(2-3-11(15)17(19)20)12(18)14-6-9-16-7-4-13-5-8-16/h2-3,13H,4-9H2,1H3,(H,14,18). The normalized spacial score (nSPS) is 16.1. The second kappa shape index (κ2) is 6.49. The Hall–Kier alpha value is -1.93. The number of hydrogen-bond acceptors (Lipinski definition) is 5. The molecule has 0 aliphatic carbocycles. The summed E-state index contributed by atoms with van der Waals surface area (Å²) in [7, 11) is 1.52. The number of rotatable bonds is 5. The first-order valence-corrected chi connectivity index (χ1v) is 6.61. The molecule has 1 saturated heterocycles. The first-order chi connectivity index (χ1) is 9.59. The fourth-order valence-corrected chi connectivity index (χ4v) is 2.26. The van der Waals surface area contributed by atoms with Crippen molar-refractivity contribution in [3.05, 3.63) is 27.9 Å². The fourth-order valence-electron chi connectivity index (χ4n) is 2.26. The molecule has 110 valence electrons. The lowest BCUT2D eigenvalue weighted by Gasteiger charge is -2.26. The molecule has 2 heterocycles. The zero-order valence-corrected chi connectivity index (χ0v) is 11.5. The van der Waals surface area contributed by atoms with E-state index < -0.39 is 4.92 Å². The highest BCUT2D eigenvalue weighted by molar-refractivity contribution is 5.93. The molecule has 2 N–H and O–H groups in total. The molecule has 0 radical (unpaired) electrons. The van der Waals surface area contributed by atoms with E-state index in [0.29, 0.717) is 12.2 Å². The van der Waals surface area contributed by atoms with Gasteiger partial charge in [0.2, 0.25) is 0 Å². The van der Waals surface area contributed by atoms with E-state index in [1.54, 1.807) is 0 Å². The Bertz CT molecular complexity index is 493. The third-order valence-electron chi connectivity index (χ3n) is 3.44. The quantitative estimate of drug-likeness (QED) is 0.564. The highest BCUT2D eigenvalue weighted by Crippen LogP contribution is 2.14. The number of carbonyl (C=O) groups excluding carboxylic acids is 1. The maximum Gasteiger partial charge on any atom is 0.323 e. The van der Waals surface area contributed by atoms with Crippen molar-refractivity contribution in [1.82, 2.24) is 20.1 Å². The third kappa shape index (κ3) is 3.34. The Morgan fingerprint density at radius 3 is 2.75 bits per heavy atom. The van der Waals surface area contributed by atoms with Crippen molar-refractivity contribution in [2.45, 2.75) is 0 Å². The van der Waals surface area contributed by atoms with E-state index in [2.05, 4.69) is 15.5 Å². The highest BCUT2D eigenvalue weighted by Gasteiger charge is 2.20. The minimum absolute atomic E-state index is 0.0859. The average Bonchev–Trinajstić information content (AvgIpc) is 2.82. The van der Waals surface area contributed by atoms with Gasteiger partial charge in [-0.05, 0) is 11.0 Å². The van der Waals surface area contributed by atoms with Crippen LogP contribution in [0.3, 0.4) is 0 Å². The van der Waals surface area contributed by atoms with Crippen LogP contribution in [0.25, 0.3) is 0 Å². The van der Waals surface area contributed by atoms with Gasteiger partial charge in [-0.25, -0.2) is 4.57 Å². The van der Waals surface area contributed by atoms with Crippen LogP contribution in [0.15, 0.2) is 12.1 Å². The lowest BCUT2D eigenvalue weighted by molar-refractivity contribution is -0.391. The van der Waals surface area contributed by atoms with Crippen molar-refractivity contribution in [3.63, 3.8) is 0 Å². The molecule has 8 nitrogen and oxygen atoms in total. The smallest absolute Gasteiger partial charge is 0.323 e. The molecular weight excluding hydrogens is 262 g/mol. The number of piperazine rings is 1. The average molecular weight is 281 g/mol. The van der Waals surface area contributed by atoms with E-state index in [1.807, 2.05) is 0 Å². The first-order valence-electron chi connectivity index (χ1n) is 6.61. The van der Waals surface area contributed by atoms with Gasteiger partial charge in [0.25, 0.3) is 5.91 Å². The summed E-state index contributed by atoms with van der Waals surface area (Å²) < 4.78 is 1.29. The lowest BCUT2D eigenvalue weighted by Crippen LogP contribution is -2.46. The summed E-state index contributed by atoms with van der Waals surface area (Å²) in [5.74, 6) is -0.368. The molecule has 0 spiro atoms. The summed E-state index contributed by atoms with van der Waals surface area (Å²) in [6, 6.07) is 2.81. The van der Waals surface area contributed by atoms with Crippen LogP contribution in [-0.2, 0) is 7.05 Å². The molecule has 1 fully saturated rings. The largest absolute Gasteiger partial charge is 0.358 e. The van der Waals surface area contributed by atoms with Gasteiger partial charge in [-0.15, -0.1) is 0 Å². The van der Waals surface area contributed by atoms with Gasteiger partial charge in [-0.3, -0.25) is 9.69 Å². The van der Waals surface area contributed by atoms with Crippen molar-refractivity contribution in [3.8, 4) is 0 Å². The molecule has 1 aromatic heterocycles. The predicted molar refractivity (Wildman–Crippen MR) is 73.7 cm³/mol. The maximum atomic E-state index is 12.0. The monoisotopic (exact) mass is 281 g/mol. The summed E-state index contributed by atoms with van der Waals surface area (Å²) in [6.45, 7) is 5.23. The molecule has 1 aliphatic rings. The Balaban J connectivity index is 1.84. The van der Waals surface area contributed by atoms with Gasteiger partial charge >= 0.3 is 5.82 Å². The van der Waals surface area contributed by atoms with E-state index in [1.165, 1.54) is 23.7 Å². The van der Waals surface area contributed by atoms with Crippen LogP contribution in [0.1, 0.15) is 10.5 Å². The topological polar surface area (TPSA) is 92.4 Å². The second-order valence-electron chi connectivity index (χ2n) is 4.74. The van der Waals surface area contributed by atoms with E-state index in [9.17, 15) is 14.9 Å². The summed E-state index contributed by atoms with van der Waals surface area (Å²) in [5.41, 5.74) is 0.303. The van der Waals surface area contributed by atoms with Gasteiger partial charge < -0.3 is 20.7 Å². The summed E-state index contributed by atoms with van der Waals surface area (Å²) in [4.78, 5) is 24.4. The van der Waals surface area contributed by atoms with E-state index in [4.69, 9.17) is 0 Å². The number of nitro groups is 1. The number of nitrogens with zero attached hydrogens (tertiary/aromatic N) is 3. The SMILES string of the molecule is Cn1c(C(=O)NCCN2CCNCC2)ccc1[N+](=O)[O-]. The van der Waals surface area contributed by atoms with Crippen LogP contribution in [0.4, 0.5) is 5.82 Å². The highest BCUT2D eigenvalue weighted by atomic mass is 16.6. The molecule has 8 heteroatoms. The minimum Gasteiger partial charge on any atom is -0.358 e. The maximum absolute atomic E-state index is 12.0. The van der Waals surface area contributed by atoms with Crippen molar-refractivity contribution < 1.29 is 9.72 Å². The van der Waals surface area contributed by atoms with Crippen LogP contribution < -0.4 is 10.6 Å². The molecule has 0 aromatic carbocycles. The number of aromatic nitrogens is 1. The lowest BCUT2D eigenvalue weighted by atomic mass is 10.3. The molecule has 0 unspecified atom stereocenters. The van der Waals surface area contributed by atoms with Gasteiger partial charge in [-0.1, -0.05) is 0 Å². The van der Waals surface area contributed by atoms with E-state index >= 15 is 0 Å². The molecule has 0 bridgehead atoms. The van der Waals surface area contributed by atoms with Crippen molar-refractivity contribution in [1.29, 1.82) is 0 Å². The van der Waals surface area contributed by atoms with Crippen LogP contribution in [0, 0.1) is 10.1 Å². The minimum atomic E-state index is -0.502. The van der Waals surface area contributed by atoms with Gasteiger partial charge in [0, 0.05) is 45.3 Å². The number of carbonyl (C=O) groups is 1. The van der Waals surface area contributed by atoms with Crippen LogP contribution >= 0.6 is 0 Å². The first kappa shape index (κ1) is 14.5. The van der Waals surface area contributed by atoms with Crippen LogP contribution in [0.2, 0.25) is 0 Å². The molecule has 1 aromatic rings. The van der Waals surface area contributed by atoms with Crippen molar-refractivity contribution in [2.75, 3.05) is 39.3 Å². The Morgan fingerprint density at radius 1 is 1.45 bits per heavy atom. The number of amides is 1. The van der Waals surface area contributed by atoms with Gasteiger partial charge in [0.15, 0.2) is 5.69 Å². The van der Waals surface area contributed by atoms with Gasteiger partial charge in [0.05, 0.1) is 7.05 Å². The Kier molecular flexibility index (Phi) is 4.70. The Morgan fingerprint density at radius 2 is 2.15 bits per heavy atom. The van der Waals surface area contributed by atoms with E-state index in [-0.39, 0.29) is 11.7 Å². The Labute approximate surface area is 116 Å². The fraction of sp³-hybridized carbons (Fsp3) is 0.583. The van der Waals surface area contributed by atoms with Gasteiger partial charge in [0.1, 0.15) is 0 Å². The molecule has 1 aliphatic heterocycles. The zero-order chi connectivity index (χ0) is 14.5. The molecular formula is C12H19N5O3. The summed E-state index contributed by atoms with van der Waals surface area (Å²) in [6.07, 6.45) is 0. The molecule has 1 amide bonds. The van der Waals surface area contributed by atoms with Crippen molar-refractivity contribution in [2.24, 2.45) is 7.05 Å². The number of nitrogens with one attached hydrogen (secondary N) is 2. The van der Waals surface area contributed by atoms with Gasteiger partial charge in [-0.2, -0.15) is 0 Å².